The minimum atomic E-state index is -0.371. The molecule has 5 aromatic rings. The summed E-state index contributed by atoms with van der Waals surface area (Å²) in [5, 5.41) is 20.0. The maximum absolute atomic E-state index is 9.79. The average Bonchev–Trinajstić information content (AvgIpc) is 3.50. The van der Waals surface area contributed by atoms with Gasteiger partial charge < -0.3 is 9.30 Å². The molecule has 0 aliphatic heterocycles. The summed E-state index contributed by atoms with van der Waals surface area (Å²) >= 11 is 1.68. The van der Waals surface area contributed by atoms with Gasteiger partial charge in [0.05, 0.1) is 48.1 Å². The first kappa shape index (κ1) is 21.6. The predicted molar refractivity (Wildman–Crippen MR) is 133 cm³/mol. The van der Waals surface area contributed by atoms with Gasteiger partial charge in [0.25, 0.3) is 0 Å². The van der Waals surface area contributed by atoms with E-state index in [0.29, 0.717) is 17.7 Å². The van der Waals surface area contributed by atoms with Crippen molar-refractivity contribution in [2.75, 3.05) is 0 Å². The van der Waals surface area contributed by atoms with Crippen LogP contribution < -0.4 is 0 Å². The smallest absolute Gasteiger partial charge is 0.124 e. The Morgan fingerprint density at radius 1 is 1.00 bits per heavy atom. The fourth-order valence-electron chi connectivity index (χ4n) is 3.97. The van der Waals surface area contributed by atoms with Crippen LogP contribution in [0.15, 0.2) is 85.3 Å². The normalized spacial score (nSPS) is 11.7. The quantitative estimate of drug-likeness (QED) is 0.296. The third kappa shape index (κ3) is 4.21. The van der Waals surface area contributed by atoms with Crippen molar-refractivity contribution in [3.8, 4) is 22.6 Å². The summed E-state index contributed by atoms with van der Waals surface area (Å²) in [6, 6.07) is 28.1. The summed E-state index contributed by atoms with van der Waals surface area (Å²) in [5.41, 5.74) is 4.99. The molecule has 0 amide bonds. The summed E-state index contributed by atoms with van der Waals surface area (Å²) in [4.78, 5) is 5.34. The molecule has 5 nitrogen and oxygen atoms in total. The zero-order chi connectivity index (χ0) is 23.5. The van der Waals surface area contributed by atoms with Crippen molar-refractivity contribution in [2.24, 2.45) is 7.05 Å². The summed E-state index contributed by atoms with van der Waals surface area (Å²) < 4.78 is 9.55. The van der Waals surface area contributed by atoms with Crippen LogP contribution in [-0.4, -0.2) is 9.55 Å². The Morgan fingerprint density at radius 3 is 2.53 bits per heavy atom. The van der Waals surface area contributed by atoms with Crippen LogP contribution in [0.2, 0.25) is 0 Å². The molecule has 0 bridgehead atoms. The van der Waals surface area contributed by atoms with E-state index in [1.165, 1.54) is 4.70 Å². The highest BCUT2D eigenvalue weighted by atomic mass is 32.1. The zero-order valence-corrected chi connectivity index (χ0v) is 19.3. The number of benzene rings is 3. The van der Waals surface area contributed by atoms with Crippen molar-refractivity contribution in [3.05, 3.63) is 113 Å². The molecule has 3 aromatic carbocycles. The second-order valence-corrected chi connectivity index (χ2v) is 9.08. The maximum Gasteiger partial charge on any atom is 0.124 e. The van der Waals surface area contributed by atoms with E-state index in [4.69, 9.17) is 10.00 Å². The van der Waals surface area contributed by atoms with Gasteiger partial charge in [0.2, 0.25) is 0 Å². The Kier molecular flexibility index (Phi) is 5.93. The SMILES string of the molecule is Cn1cncc1C(OCc1ccc(C#N)cc1)c1ccc(C#N)c(-c2cc3ccccc3s2)c1. The Morgan fingerprint density at radius 2 is 1.82 bits per heavy atom. The second-order valence-electron chi connectivity index (χ2n) is 7.99. The minimum absolute atomic E-state index is 0.371. The first-order valence-electron chi connectivity index (χ1n) is 10.8. The topological polar surface area (TPSA) is 74.6 Å². The molecule has 0 radical (unpaired) electrons. The standard InChI is InChI=1S/C28H20N4OS/c1-32-18-31-16-25(32)28(33-17-20-8-6-19(14-29)7-9-20)22-10-11-23(15-30)24(12-22)27-13-21-4-2-3-5-26(21)34-27/h2-13,16,18,28H,17H2,1H3. The van der Waals surface area contributed by atoms with E-state index in [0.717, 1.165) is 32.6 Å². The third-order valence-electron chi connectivity index (χ3n) is 5.78. The van der Waals surface area contributed by atoms with E-state index in [1.807, 2.05) is 48.0 Å². The maximum atomic E-state index is 9.79. The molecule has 1 unspecified atom stereocenters. The molecule has 0 saturated heterocycles. The first-order valence-corrected chi connectivity index (χ1v) is 11.6. The van der Waals surface area contributed by atoms with Gasteiger partial charge in [-0.3, -0.25) is 0 Å². The predicted octanol–water partition coefficient (Wildman–Crippen LogP) is 6.35. The fourth-order valence-corrected chi connectivity index (χ4v) is 5.06. The number of rotatable bonds is 6. The van der Waals surface area contributed by atoms with Crippen molar-refractivity contribution in [2.45, 2.75) is 12.7 Å². The molecule has 34 heavy (non-hydrogen) atoms. The number of aryl methyl sites for hydroxylation is 1. The van der Waals surface area contributed by atoms with Crippen LogP contribution in [0, 0.1) is 22.7 Å². The third-order valence-corrected chi connectivity index (χ3v) is 6.93. The molecule has 164 valence electrons. The highest BCUT2D eigenvalue weighted by molar-refractivity contribution is 7.22. The lowest BCUT2D eigenvalue weighted by Gasteiger charge is -2.20. The van der Waals surface area contributed by atoms with Gasteiger partial charge >= 0.3 is 0 Å². The van der Waals surface area contributed by atoms with E-state index in [2.05, 4.69) is 41.4 Å². The van der Waals surface area contributed by atoms with E-state index >= 15 is 0 Å². The Balaban J connectivity index is 1.54. The van der Waals surface area contributed by atoms with Crippen molar-refractivity contribution in [3.63, 3.8) is 0 Å². The highest BCUT2D eigenvalue weighted by Gasteiger charge is 2.21. The van der Waals surface area contributed by atoms with Gasteiger partial charge in [-0.2, -0.15) is 10.5 Å². The van der Waals surface area contributed by atoms with Gasteiger partial charge in [-0.25, -0.2) is 4.98 Å². The largest absolute Gasteiger partial charge is 0.363 e. The van der Waals surface area contributed by atoms with Crippen LogP contribution in [0.3, 0.4) is 0 Å². The molecule has 5 rings (SSSR count). The molecule has 0 N–H and O–H groups in total. The molecule has 0 aliphatic carbocycles. The van der Waals surface area contributed by atoms with Crippen LogP contribution >= 0.6 is 11.3 Å². The number of ether oxygens (including phenoxy) is 1. The Hall–Kier alpha value is -4.23. The summed E-state index contributed by atoms with van der Waals surface area (Å²) in [7, 11) is 1.94. The molecule has 0 saturated carbocycles. The van der Waals surface area contributed by atoms with Crippen LogP contribution in [0.4, 0.5) is 0 Å². The number of hydrogen-bond acceptors (Lipinski definition) is 5. The van der Waals surface area contributed by atoms with E-state index in [1.54, 1.807) is 36.0 Å². The summed E-state index contributed by atoms with van der Waals surface area (Å²) in [6.45, 7) is 0.375. The number of thiophene rings is 1. The first-order chi connectivity index (χ1) is 16.7. The van der Waals surface area contributed by atoms with Crippen molar-refractivity contribution in [1.82, 2.24) is 9.55 Å². The van der Waals surface area contributed by atoms with Gasteiger partial charge in [-0.15, -0.1) is 11.3 Å². The Bertz CT molecular complexity index is 1520. The molecular formula is C28H20N4OS. The van der Waals surface area contributed by atoms with E-state index in [9.17, 15) is 5.26 Å². The second kappa shape index (κ2) is 9.33. The number of imidazole rings is 1. The number of fused-ring (bicyclic) bond motifs is 1. The molecule has 2 aromatic heterocycles. The van der Waals surface area contributed by atoms with Gasteiger partial charge in [0, 0.05) is 22.2 Å². The fraction of sp³-hybridized carbons (Fsp3) is 0.107. The number of aromatic nitrogens is 2. The molecule has 0 fully saturated rings. The summed E-state index contributed by atoms with van der Waals surface area (Å²) in [5.74, 6) is 0. The van der Waals surface area contributed by atoms with Crippen molar-refractivity contribution < 1.29 is 4.74 Å². The highest BCUT2D eigenvalue weighted by Crippen LogP contribution is 2.37. The lowest BCUT2D eigenvalue weighted by atomic mass is 9.98. The van der Waals surface area contributed by atoms with Crippen molar-refractivity contribution >= 4 is 21.4 Å². The number of hydrogen-bond donors (Lipinski definition) is 0. The van der Waals surface area contributed by atoms with Gasteiger partial charge in [0.15, 0.2) is 0 Å². The lowest BCUT2D eigenvalue weighted by Crippen LogP contribution is -2.11. The number of nitriles is 2. The van der Waals surface area contributed by atoms with Crippen molar-refractivity contribution in [1.29, 1.82) is 10.5 Å². The van der Waals surface area contributed by atoms with Crippen LogP contribution in [-0.2, 0) is 18.4 Å². The van der Waals surface area contributed by atoms with Crippen LogP contribution in [0.5, 0.6) is 0 Å². The van der Waals surface area contributed by atoms with Gasteiger partial charge in [-0.1, -0.05) is 36.4 Å². The molecular weight excluding hydrogens is 440 g/mol. The molecule has 1 atom stereocenters. The minimum Gasteiger partial charge on any atom is -0.363 e. The Labute approximate surface area is 201 Å². The summed E-state index contributed by atoms with van der Waals surface area (Å²) in [6.07, 6.45) is 3.19. The molecule has 0 spiro atoms. The zero-order valence-electron chi connectivity index (χ0n) is 18.5. The molecule has 2 heterocycles. The molecule has 6 heteroatoms. The lowest BCUT2D eigenvalue weighted by molar-refractivity contribution is 0.0622. The average molecular weight is 461 g/mol. The van der Waals surface area contributed by atoms with Gasteiger partial charge in [0.1, 0.15) is 6.10 Å². The van der Waals surface area contributed by atoms with Crippen LogP contribution in [0.25, 0.3) is 20.5 Å². The number of nitrogens with zero attached hydrogens (tertiary/aromatic N) is 4. The van der Waals surface area contributed by atoms with Gasteiger partial charge in [-0.05, 0) is 52.9 Å². The van der Waals surface area contributed by atoms with Crippen LogP contribution in [0.1, 0.15) is 34.1 Å². The monoisotopic (exact) mass is 460 g/mol. The molecule has 0 aliphatic rings. The van der Waals surface area contributed by atoms with E-state index in [-0.39, 0.29) is 6.10 Å². The van der Waals surface area contributed by atoms with E-state index < -0.39 is 0 Å².